The van der Waals surface area contributed by atoms with Gasteiger partial charge in [-0.3, -0.25) is 0 Å². The molecule has 1 rings (SSSR count). The molecule has 0 radical (unpaired) electrons. The molecule has 0 saturated carbocycles. The molecule has 0 spiro atoms. The molecule has 1 aromatic carbocycles. The number of halogens is 1. The lowest BCUT2D eigenvalue weighted by atomic mass is 10.2. The largest absolute Gasteiger partial charge is 0.493 e. The van der Waals surface area contributed by atoms with Gasteiger partial charge >= 0.3 is 0 Å². The SMILES string of the molecule is COc1cc(CBr)cc(OC)c1OCC(C)C. The smallest absolute Gasteiger partial charge is 0.203 e. The number of hydrogen-bond donors (Lipinski definition) is 0. The Morgan fingerprint density at radius 3 is 2.00 bits per heavy atom. The van der Waals surface area contributed by atoms with Crippen molar-refractivity contribution in [3.05, 3.63) is 17.7 Å². The fourth-order valence-corrected chi connectivity index (χ4v) is 1.73. The fourth-order valence-electron chi connectivity index (χ4n) is 1.40. The molecule has 0 N–H and O–H groups in total. The van der Waals surface area contributed by atoms with Crippen molar-refractivity contribution in [2.45, 2.75) is 19.2 Å². The van der Waals surface area contributed by atoms with Crippen LogP contribution in [0.5, 0.6) is 17.2 Å². The second-order valence-electron chi connectivity index (χ2n) is 4.17. The topological polar surface area (TPSA) is 27.7 Å². The van der Waals surface area contributed by atoms with Crippen molar-refractivity contribution in [2.75, 3.05) is 20.8 Å². The highest BCUT2D eigenvalue weighted by molar-refractivity contribution is 9.08. The molecule has 0 fully saturated rings. The van der Waals surface area contributed by atoms with Gasteiger partial charge in [0.1, 0.15) is 0 Å². The third kappa shape index (κ3) is 3.80. The van der Waals surface area contributed by atoms with Crippen LogP contribution >= 0.6 is 15.9 Å². The quantitative estimate of drug-likeness (QED) is 0.751. The van der Waals surface area contributed by atoms with Crippen LogP contribution in [0.1, 0.15) is 19.4 Å². The van der Waals surface area contributed by atoms with Crippen molar-refractivity contribution in [2.24, 2.45) is 5.92 Å². The first-order chi connectivity index (χ1) is 8.12. The molecule has 0 heterocycles. The maximum atomic E-state index is 5.75. The van der Waals surface area contributed by atoms with E-state index in [9.17, 15) is 0 Å². The predicted molar refractivity (Wildman–Crippen MR) is 72.5 cm³/mol. The molecule has 0 aromatic heterocycles. The summed E-state index contributed by atoms with van der Waals surface area (Å²) in [4.78, 5) is 0. The van der Waals surface area contributed by atoms with Gasteiger partial charge in [-0.1, -0.05) is 29.8 Å². The van der Waals surface area contributed by atoms with Gasteiger partial charge < -0.3 is 14.2 Å². The average Bonchev–Trinajstić information content (AvgIpc) is 2.34. The molecule has 0 amide bonds. The summed E-state index contributed by atoms with van der Waals surface area (Å²) in [6.07, 6.45) is 0. The van der Waals surface area contributed by atoms with Gasteiger partial charge in [-0.25, -0.2) is 0 Å². The Labute approximate surface area is 111 Å². The molecule has 0 aliphatic rings. The minimum Gasteiger partial charge on any atom is -0.493 e. The van der Waals surface area contributed by atoms with Crippen LogP contribution in [-0.4, -0.2) is 20.8 Å². The summed E-state index contributed by atoms with van der Waals surface area (Å²) < 4.78 is 16.4. The summed E-state index contributed by atoms with van der Waals surface area (Å²) in [7, 11) is 3.27. The molecule has 4 heteroatoms. The van der Waals surface area contributed by atoms with Crippen LogP contribution in [0.4, 0.5) is 0 Å². The van der Waals surface area contributed by atoms with Gasteiger partial charge in [0, 0.05) is 5.33 Å². The van der Waals surface area contributed by atoms with Crippen molar-refractivity contribution in [1.29, 1.82) is 0 Å². The molecular weight excluding hydrogens is 284 g/mol. The van der Waals surface area contributed by atoms with Crippen molar-refractivity contribution in [3.8, 4) is 17.2 Å². The van der Waals surface area contributed by atoms with Crippen LogP contribution < -0.4 is 14.2 Å². The number of methoxy groups -OCH3 is 2. The minimum absolute atomic E-state index is 0.459. The number of ether oxygens (including phenoxy) is 3. The fraction of sp³-hybridized carbons (Fsp3) is 0.538. The Bertz CT molecular complexity index is 339. The molecule has 1 aromatic rings. The maximum absolute atomic E-state index is 5.75. The van der Waals surface area contributed by atoms with Crippen molar-refractivity contribution < 1.29 is 14.2 Å². The lowest BCUT2D eigenvalue weighted by Gasteiger charge is -2.16. The Morgan fingerprint density at radius 2 is 1.65 bits per heavy atom. The van der Waals surface area contributed by atoms with Crippen LogP contribution in [0.2, 0.25) is 0 Å². The van der Waals surface area contributed by atoms with E-state index in [0.29, 0.717) is 29.8 Å². The van der Waals surface area contributed by atoms with Gasteiger partial charge in [0.25, 0.3) is 0 Å². The Kier molecular flexibility index (Phi) is 5.62. The molecule has 3 nitrogen and oxygen atoms in total. The van der Waals surface area contributed by atoms with E-state index in [-0.39, 0.29) is 0 Å². The van der Waals surface area contributed by atoms with E-state index in [0.717, 1.165) is 10.9 Å². The van der Waals surface area contributed by atoms with E-state index in [2.05, 4.69) is 29.8 Å². The molecule has 0 saturated heterocycles. The highest BCUT2D eigenvalue weighted by Gasteiger charge is 2.14. The van der Waals surface area contributed by atoms with E-state index in [1.54, 1.807) is 14.2 Å². The average molecular weight is 303 g/mol. The van der Waals surface area contributed by atoms with Crippen LogP contribution in [0.25, 0.3) is 0 Å². The third-order valence-electron chi connectivity index (χ3n) is 2.24. The summed E-state index contributed by atoms with van der Waals surface area (Å²) in [5.74, 6) is 2.55. The predicted octanol–water partition coefficient (Wildman–Crippen LogP) is 3.63. The second kappa shape index (κ2) is 6.74. The molecule has 0 atom stereocenters. The Morgan fingerprint density at radius 1 is 1.12 bits per heavy atom. The van der Waals surface area contributed by atoms with E-state index in [4.69, 9.17) is 14.2 Å². The van der Waals surface area contributed by atoms with Crippen LogP contribution in [-0.2, 0) is 5.33 Å². The monoisotopic (exact) mass is 302 g/mol. The molecule has 0 aliphatic carbocycles. The summed E-state index contributed by atoms with van der Waals surface area (Å²) in [5.41, 5.74) is 1.09. The Hall–Kier alpha value is -0.900. The summed E-state index contributed by atoms with van der Waals surface area (Å²) in [5, 5.41) is 0.754. The number of alkyl halides is 1. The summed E-state index contributed by atoms with van der Waals surface area (Å²) in [6.45, 7) is 4.85. The lowest BCUT2D eigenvalue weighted by Crippen LogP contribution is -2.07. The summed E-state index contributed by atoms with van der Waals surface area (Å²) >= 11 is 3.42. The zero-order chi connectivity index (χ0) is 12.8. The van der Waals surface area contributed by atoms with E-state index < -0.39 is 0 Å². The zero-order valence-corrected chi connectivity index (χ0v) is 12.3. The third-order valence-corrected chi connectivity index (χ3v) is 2.88. The highest BCUT2D eigenvalue weighted by atomic mass is 79.9. The first-order valence-electron chi connectivity index (χ1n) is 5.56. The van der Waals surface area contributed by atoms with Crippen molar-refractivity contribution >= 4 is 15.9 Å². The zero-order valence-electron chi connectivity index (χ0n) is 10.7. The molecule has 96 valence electrons. The Balaban J connectivity index is 3.06. The summed E-state index contributed by atoms with van der Waals surface area (Å²) in [6, 6.07) is 3.90. The van der Waals surface area contributed by atoms with Crippen molar-refractivity contribution in [1.82, 2.24) is 0 Å². The van der Waals surface area contributed by atoms with Crippen LogP contribution in [0.3, 0.4) is 0 Å². The van der Waals surface area contributed by atoms with Gasteiger partial charge in [-0.05, 0) is 23.6 Å². The number of hydrogen-bond acceptors (Lipinski definition) is 3. The van der Waals surface area contributed by atoms with Gasteiger partial charge in [0.2, 0.25) is 5.75 Å². The van der Waals surface area contributed by atoms with Gasteiger partial charge in [-0.2, -0.15) is 0 Å². The minimum atomic E-state index is 0.459. The standard InChI is InChI=1S/C13H19BrO3/c1-9(2)8-17-13-11(15-3)5-10(7-14)6-12(13)16-4/h5-6,9H,7-8H2,1-4H3. The van der Waals surface area contributed by atoms with Gasteiger partial charge in [0.05, 0.1) is 20.8 Å². The number of rotatable bonds is 6. The second-order valence-corrected chi connectivity index (χ2v) is 4.73. The van der Waals surface area contributed by atoms with E-state index >= 15 is 0 Å². The first kappa shape index (κ1) is 14.2. The molecule has 17 heavy (non-hydrogen) atoms. The normalized spacial score (nSPS) is 10.5. The van der Waals surface area contributed by atoms with Crippen molar-refractivity contribution in [3.63, 3.8) is 0 Å². The van der Waals surface area contributed by atoms with Crippen LogP contribution in [0, 0.1) is 5.92 Å². The van der Waals surface area contributed by atoms with Gasteiger partial charge in [0.15, 0.2) is 11.5 Å². The first-order valence-corrected chi connectivity index (χ1v) is 6.68. The van der Waals surface area contributed by atoms with Gasteiger partial charge in [-0.15, -0.1) is 0 Å². The highest BCUT2D eigenvalue weighted by Crippen LogP contribution is 2.39. The molecular formula is C13H19BrO3. The lowest BCUT2D eigenvalue weighted by molar-refractivity contribution is 0.243. The van der Waals surface area contributed by atoms with Crippen LogP contribution in [0.15, 0.2) is 12.1 Å². The number of benzene rings is 1. The molecule has 0 unspecified atom stereocenters. The van der Waals surface area contributed by atoms with E-state index in [1.807, 2.05) is 12.1 Å². The van der Waals surface area contributed by atoms with E-state index in [1.165, 1.54) is 0 Å². The maximum Gasteiger partial charge on any atom is 0.203 e. The molecule has 0 aliphatic heterocycles. The molecule has 0 bridgehead atoms.